The predicted molar refractivity (Wildman–Crippen MR) is 75.2 cm³/mol. The van der Waals surface area contributed by atoms with Gasteiger partial charge in [-0.15, -0.1) is 0 Å². The van der Waals surface area contributed by atoms with E-state index in [0.29, 0.717) is 12.5 Å². The van der Waals surface area contributed by atoms with Gasteiger partial charge in [0.1, 0.15) is 11.0 Å². The SMILES string of the molecule is CC(C)CNC(=O)CCNc1cc(C(F)(F)F)cc(Cl)n1. The number of amides is 1. The molecule has 1 aromatic rings. The van der Waals surface area contributed by atoms with Crippen LogP contribution in [0, 0.1) is 5.92 Å². The Morgan fingerprint density at radius 1 is 1.38 bits per heavy atom. The van der Waals surface area contributed by atoms with Crippen molar-refractivity contribution in [1.82, 2.24) is 10.3 Å². The number of aromatic nitrogens is 1. The van der Waals surface area contributed by atoms with Gasteiger partial charge in [-0.2, -0.15) is 13.2 Å². The van der Waals surface area contributed by atoms with E-state index >= 15 is 0 Å². The highest BCUT2D eigenvalue weighted by Crippen LogP contribution is 2.31. The van der Waals surface area contributed by atoms with E-state index < -0.39 is 11.7 Å². The lowest BCUT2D eigenvalue weighted by molar-refractivity contribution is -0.137. The number of carbonyl (C=O) groups excluding carboxylic acids is 1. The van der Waals surface area contributed by atoms with E-state index in [9.17, 15) is 18.0 Å². The molecule has 4 nitrogen and oxygen atoms in total. The third kappa shape index (κ3) is 6.66. The van der Waals surface area contributed by atoms with Crippen LogP contribution in [0.15, 0.2) is 12.1 Å². The smallest absolute Gasteiger partial charge is 0.369 e. The number of anilines is 1. The van der Waals surface area contributed by atoms with E-state index in [1.165, 1.54) is 0 Å². The Labute approximate surface area is 126 Å². The summed E-state index contributed by atoms with van der Waals surface area (Å²) in [6, 6.07) is 1.61. The van der Waals surface area contributed by atoms with Crippen molar-refractivity contribution in [2.45, 2.75) is 26.4 Å². The standard InChI is InChI=1S/C13H17ClF3N3O/c1-8(2)7-19-12(21)3-4-18-11-6-9(13(15,16)17)5-10(14)20-11/h5-6,8H,3-4,7H2,1-2H3,(H,18,20)(H,19,21). The fourth-order valence-corrected chi connectivity index (χ4v) is 1.67. The predicted octanol–water partition coefficient (Wildman–Crippen LogP) is 3.33. The van der Waals surface area contributed by atoms with Gasteiger partial charge in [-0.3, -0.25) is 4.79 Å². The second kappa shape index (κ2) is 7.49. The fraction of sp³-hybridized carbons (Fsp3) is 0.538. The number of hydrogen-bond donors (Lipinski definition) is 2. The van der Waals surface area contributed by atoms with Gasteiger partial charge in [-0.25, -0.2) is 4.98 Å². The van der Waals surface area contributed by atoms with Crippen LogP contribution in [-0.4, -0.2) is 24.0 Å². The Morgan fingerprint density at radius 3 is 2.62 bits per heavy atom. The van der Waals surface area contributed by atoms with Crippen LogP contribution in [0.2, 0.25) is 5.15 Å². The molecule has 0 bridgehead atoms. The van der Waals surface area contributed by atoms with Gasteiger partial charge < -0.3 is 10.6 Å². The first-order chi connectivity index (χ1) is 9.68. The normalized spacial score (nSPS) is 11.6. The molecule has 0 aliphatic carbocycles. The van der Waals surface area contributed by atoms with Gasteiger partial charge in [-0.05, 0) is 18.1 Å². The molecule has 1 amide bonds. The average molecular weight is 324 g/mol. The summed E-state index contributed by atoms with van der Waals surface area (Å²) in [5.41, 5.74) is -0.880. The van der Waals surface area contributed by atoms with Gasteiger partial charge in [0.05, 0.1) is 5.56 Å². The second-order valence-electron chi connectivity index (χ2n) is 4.94. The van der Waals surface area contributed by atoms with Crippen molar-refractivity contribution < 1.29 is 18.0 Å². The van der Waals surface area contributed by atoms with Crippen molar-refractivity contribution in [1.29, 1.82) is 0 Å². The number of nitrogens with zero attached hydrogens (tertiary/aromatic N) is 1. The molecule has 0 spiro atoms. The van der Waals surface area contributed by atoms with Gasteiger partial charge in [0.15, 0.2) is 0 Å². The Balaban J connectivity index is 2.52. The van der Waals surface area contributed by atoms with E-state index in [1.54, 1.807) is 0 Å². The monoisotopic (exact) mass is 323 g/mol. The van der Waals surface area contributed by atoms with E-state index in [0.717, 1.165) is 12.1 Å². The number of alkyl halides is 3. The zero-order valence-electron chi connectivity index (χ0n) is 11.7. The average Bonchev–Trinajstić information content (AvgIpc) is 2.34. The summed E-state index contributed by atoms with van der Waals surface area (Å²) in [4.78, 5) is 15.2. The summed E-state index contributed by atoms with van der Waals surface area (Å²) in [5.74, 6) is 0.159. The number of carbonyl (C=O) groups is 1. The molecule has 2 N–H and O–H groups in total. The molecular weight excluding hydrogens is 307 g/mol. The van der Waals surface area contributed by atoms with Gasteiger partial charge in [0.25, 0.3) is 0 Å². The molecule has 21 heavy (non-hydrogen) atoms. The number of pyridine rings is 1. The Kier molecular flexibility index (Phi) is 6.26. The summed E-state index contributed by atoms with van der Waals surface area (Å²) < 4.78 is 37.8. The minimum absolute atomic E-state index is 0.00788. The number of halogens is 4. The fourth-order valence-electron chi connectivity index (χ4n) is 1.46. The number of hydrogen-bond acceptors (Lipinski definition) is 3. The third-order valence-corrected chi connectivity index (χ3v) is 2.68. The summed E-state index contributed by atoms with van der Waals surface area (Å²) in [6.07, 6.45) is -4.35. The first-order valence-corrected chi connectivity index (χ1v) is 6.81. The number of nitrogens with one attached hydrogen (secondary N) is 2. The lowest BCUT2D eigenvalue weighted by atomic mass is 10.2. The summed E-state index contributed by atoms with van der Waals surface area (Å²) in [7, 11) is 0. The zero-order valence-corrected chi connectivity index (χ0v) is 12.5. The molecule has 0 aromatic carbocycles. The maximum atomic E-state index is 12.6. The molecule has 1 aromatic heterocycles. The largest absolute Gasteiger partial charge is 0.416 e. The van der Waals surface area contributed by atoms with Crippen molar-refractivity contribution in [3.63, 3.8) is 0 Å². The lowest BCUT2D eigenvalue weighted by Crippen LogP contribution is -2.28. The van der Waals surface area contributed by atoms with E-state index in [2.05, 4.69) is 15.6 Å². The molecule has 0 fully saturated rings. The molecule has 0 aliphatic rings. The summed E-state index contributed by atoms with van der Waals surface area (Å²) in [6.45, 7) is 4.67. The van der Waals surface area contributed by atoms with Crippen LogP contribution >= 0.6 is 11.6 Å². The highest BCUT2D eigenvalue weighted by atomic mass is 35.5. The van der Waals surface area contributed by atoms with Crippen LogP contribution in [0.1, 0.15) is 25.8 Å². The van der Waals surface area contributed by atoms with E-state index in [1.807, 2.05) is 13.8 Å². The van der Waals surface area contributed by atoms with Crippen molar-refractivity contribution >= 4 is 23.3 Å². The molecular formula is C13H17ClF3N3O. The van der Waals surface area contributed by atoms with Gasteiger partial charge in [0.2, 0.25) is 5.91 Å². The summed E-state index contributed by atoms with van der Waals surface area (Å²) in [5, 5.41) is 5.12. The molecule has 118 valence electrons. The van der Waals surface area contributed by atoms with Crippen LogP contribution in [0.5, 0.6) is 0 Å². The first-order valence-electron chi connectivity index (χ1n) is 6.44. The van der Waals surface area contributed by atoms with Crippen LogP contribution in [-0.2, 0) is 11.0 Å². The zero-order chi connectivity index (χ0) is 16.0. The van der Waals surface area contributed by atoms with E-state index in [4.69, 9.17) is 11.6 Å². The molecule has 1 heterocycles. The summed E-state index contributed by atoms with van der Waals surface area (Å²) >= 11 is 5.55. The van der Waals surface area contributed by atoms with Crippen LogP contribution in [0.4, 0.5) is 19.0 Å². The molecule has 0 saturated carbocycles. The molecule has 1 rings (SSSR count). The molecule has 0 saturated heterocycles. The maximum absolute atomic E-state index is 12.6. The van der Waals surface area contributed by atoms with Crippen molar-refractivity contribution in [2.75, 3.05) is 18.4 Å². The first kappa shape index (κ1) is 17.6. The quantitative estimate of drug-likeness (QED) is 0.790. The second-order valence-corrected chi connectivity index (χ2v) is 5.32. The van der Waals surface area contributed by atoms with Crippen molar-refractivity contribution in [3.05, 3.63) is 22.8 Å². The number of rotatable bonds is 6. The topological polar surface area (TPSA) is 54.0 Å². The van der Waals surface area contributed by atoms with Gasteiger partial charge in [0, 0.05) is 19.5 Å². The molecule has 8 heteroatoms. The third-order valence-electron chi connectivity index (χ3n) is 2.49. The maximum Gasteiger partial charge on any atom is 0.416 e. The van der Waals surface area contributed by atoms with Gasteiger partial charge >= 0.3 is 6.18 Å². The highest BCUT2D eigenvalue weighted by Gasteiger charge is 2.31. The van der Waals surface area contributed by atoms with E-state index in [-0.39, 0.29) is 29.8 Å². The molecule has 0 unspecified atom stereocenters. The Hall–Kier alpha value is -1.50. The lowest BCUT2D eigenvalue weighted by Gasteiger charge is -2.11. The van der Waals surface area contributed by atoms with Crippen LogP contribution in [0.3, 0.4) is 0 Å². The molecule has 0 radical (unpaired) electrons. The minimum Gasteiger partial charge on any atom is -0.369 e. The Morgan fingerprint density at radius 2 is 2.05 bits per heavy atom. The van der Waals surface area contributed by atoms with Crippen LogP contribution < -0.4 is 10.6 Å². The Bertz CT molecular complexity index is 492. The van der Waals surface area contributed by atoms with Crippen molar-refractivity contribution in [3.8, 4) is 0 Å². The van der Waals surface area contributed by atoms with Crippen molar-refractivity contribution in [2.24, 2.45) is 5.92 Å². The molecule has 0 aliphatic heterocycles. The highest BCUT2D eigenvalue weighted by molar-refractivity contribution is 6.29. The minimum atomic E-state index is -4.49. The van der Waals surface area contributed by atoms with Gasteiger partial charge in [-0.1, -0.05) is 25.4 Å². The van der Waals surface area contributed by atoms with Crippen LogP contribution in [0.25, 0.3) is 0 Å². The molecule has 0 atom stereocenters.